The molecule has 4 saturated heterocycles. The molecule has 434 valence electrons. The number of carbonyl (C=O) groups excluding carboxylic acids is 3. The lowest BCUT2D eigenvalue weighted by molar-refractivity contribution is 0.00578. The highest BCUT2D eigenvalue weighted by atomic mass is 79.9. The normalized spacial score (nSPS) is 20.2. The van der Waals surface area contributed by atoms with Crippen molar-refractivity contribution < 1.29 is 42.5 Å². The third-order valence-corrected chi connectivity index (χ3v) is 16.4. The van der Waals surface area contributed by atoms with Crippen molar-refractivity contribution in [2.45, 2.75) is 201 Å². The van der Waals surface area contributed by atoms with E-state index < -0.39 is 11.2 Å². The van der Waals surface area contributed by atoms with Crippen molar-refractivity contribution in [1.29, 1.82) is 0 Å². The fourth-order valence-corrected chi connectivity index (χ4v) is 10.2. The molecule has 3 atom stereocenters. The summed E-state index contributed by atoms with van der Waals surface area (Å²) < 4.78 is 36.6. The topological polar surface area (TPSA) is 170 Å². The lowest BCUT2D eigenvalue weighted by atomic mass is 9.79. The van der Waals surface area contributed by atoms with E-state index in [1.165, 1.54) is 0 Å². The van der Waals surface area contributed by atoms with Crippen LogP contribution in [0.25, 0.3) is 22.5 Å². The molecule has 0 bridgehead atoms. The van der Waals surface area contributed by atoms with Crippen LogP contribution in [-0.2, 0) is 28.1 Å². The smallest absolute Gasteiger partial charge is 0.444 e. The highest BCUT2D eigenvalue weighted by molar-refractivity contribution is 9.11. The van der Waals surface area contributed by atoms with Gasteiger partial charge in [-0.2, -0.15) is 0 Å². The Hall–Kier alpha value is -4.30. The number of ether oxygens (including phenoxy) is 2. The maximum absolute atomic E-state index is 12.7. The molecule has 0 saturated carbocycles. The average Bonchev–Trinajstić information content (AvgIpc) is 4.35. The summed E-state index contributed by atoms with van der Waals surface area (Å²) in [6.07, 6.45) is 3.10. The zero-order valence-electron chi connectivity index (χ0n) is 50.2. The number of hydrogen-bond donors (Lipinski definition) is 2. The summed E-state index contributed by atoms with van der Waals surface area (Å²) in [6, 6.07) is 23.4. The number of carbonyl (C=O) groups is 3. The van der Waals surface area contributed by atoms with Gasteiger partial charge in [0.1, 0.15) is 22.9 Å². The van der Waals surface area contributed by atoms with Crippen molar-refractivity contribution in [2.75, 3.05) is 13.1 Å². The molecule has 20 heteroatoms. The number of rotatable bonds is 7. The van der Waals surface area contributed by atoms with E-state index in [1.807, 2.05) is 142 Å². The largest absolute Gasteiger partial charge is 0.494 e. The Morgan fingerprint density at radius 2 is 0.963 bits per heavy atom. The molecule has 1 unspecified atom stereocenters. The molecule has 3 aromatic carbocycles. The first-order chi connectivity index (χ1) is 37.0. The van der Waals surface area contributed by atoms with E-state index >= 15 is 0 Å². The lowest BCUT2D eigenvalue weighted by Gasteiger charge is -2.32. The van der Waals surface area contributed by atoms with Crippen LogP contribution in [0.5, 0.6) is 0 Å². The minimum Gasteiger partial charge on any atom is -0.444 e. The van der Waals surface area contributed by atoms with Gasteiger partial charge in [0.25, 0.3) is 0 Å². The van der Waals surface area contributed by atoms with Crippen LogP contribution in [0.15, 0.2) is 81.7 Å². The van der Waals surface area contributed by atoms with Crippen molar-refractivity contribution >= 4 is 85.5 Å². The summed E-state index contributed by atoms with van der Waals surface area (Å²) in [5.74, 6) is 1.75. The quantitative estimate of drug-likeness (QED) is 0.0903. The molecule has 2 N–H and O–H groups in total. The van der Waals surface area contributed by atoms with Crippen LogP contribution in [0.3, 0.4) is 0 Å². The monoisotopic (exact) mass is 1290 g/mol. The van der Waals surface area contributed by atoms with E-state index in [0.29, 0.717) is 13.1 Å². The van der Waals surface area contributed by atoms with Crippen molar-refractivity contribution in [1.82, 2.24) is 29.7 Å². The van der Waals surface area contributed by atoms with Gasteiger partial charge in [0.2, 0.25) is 0 Å². The standard InChI is InChI=1S/C25H36BN3O4.C19H24BrN3O2.C9H8Br2O.C7H15BO2/c1-16-20(17-11-13-18(14-12-17)26-32-24(5,6)25(7,8)33-26)28-21(27-16)19-10-9-15-29(19)22(30)31-23(2,3)4;1-12-16(13-7-9-14(20)10-8-13)22-17(21-12)15-6-5-11-23(15)18(24)25-19(2,3)4;1-6(10)9(12)7-2-4-8(11)5-3-7;1-6(2)7(3,4)10-8(5)9-6/h11-14,19H,9-10,15H2,1-8H3,(H,27,28);7-10,15H,5-6,11H2,1-4H3,(H,21,22);2-6H,1H3;1-5H3/t19-;15-;;/m00../s1. The van der Waals surface area contributed by atoms with Crippen LogP contribution in [-0.4, -0.2) is 113 Å². The van der Waals surface area contributed by atoms with Gasteiger partial charge in [-0.15, -0.1) is 0 Å². The summed E-state index contributed by atoms with van der Waals surface area (Å²) in [4.78, 5) is 56.5. The Bertz CT molecular complexity index is 2880. The molecule has 4 fully saturated rings. The zero-order valence-corrected chi connectivity index (χ0v) is 54.9. The van der Waals surface area contributed by atoms with Crippen molar-refractivity contribution in [3.8, 4) is 22.5 Å². The Balaban J connectivity index is 0.000000191. The number of nitrogens with one attached hydrogen (secondary N) is 2. The molecule has 0 aliphatic carbocycles. The molecule has 2 aromatic heterocycles. The molecule has 5 aromatic rings. The number of likely N-dealkylation sites (tertiary alicyclic amines) is 2. The van der Waals surface area contributed by atoms with Crippen LogP contribution >= 0.6 is 47.8 Å². The fraction of sp³-hybridized carbons (Fsp3) is 0.550. The van der Waals surface area contributed by atoms with Gasteiger partial charge in [0.05, 0.1) is 50.7 Å². The fourth-order valence-electron chi connectivity index (χ4n) is 9.39. The molecule has 80 heavy (non-hydrogen) atoms. The number of aryl methyl sites for hydroxylation is 2. The van der Waals surface area contributed by atoms with Gasteiger partial charge >= 0.3 is 26.4 Å². The second kappa shape index (κ2) is 25.7. The molecular weight excluding hydrogens is 1210 g/mol. The molecule has 0 radical (unpaired) electrons. The molecule has 15 nitrogen and oxygen atoms in total. The number of nitrogens with zero attached hydrogens (tertiary/aromatic N) is 4. The number of hydrogen-bond acceptors (Lipinski definition) is 11. The third-order valence-electron chi connectivity index (χ3n) is 14.9. The number of aromatic nitrogens is 4. The van der Waals surface area contributed by atoms with Crippen LogP contribution in [0.2, 0.25) is 6.82 Å². The number of Topliss-reactive ketones (excluding diaryl/α,β-unsaturated/α-hetero) is 1. The second-order valence-corrected chi connectivity index (χ2v) is 28.1. The first-order valence-corrected chi connectivity index (χ1v) is 30.1. The van der Waals surface area contributed by atoms with Gasteiger partial charge in [0, 0.05) is 50.1 Å². The van der Waals surface area contributed by atoms with E-state index in [1.54, 1.807) is 9.80 Å². The minimum atomic E-state index is -0.520. The van der Waals surface area contributed by atoms with Crippen LogP contribution in [0.4, 0.5) is 9.59 Å². The molecule has 4 aliphatic heterocycles. The van der Waals surface area contributed by atoms with Crippen molar-refractivity contribution in [2.24, 2.45) is 0 Å². The predicted octanol–water partition coefficient (Wildman–Crippen LogP) is 15.1. The second-order valence-electron chi connectivity index (χ2n) is 24.9. The van der Waals surface area contributed by atoms with Crippen LogP contribution in [0.1, 0.15) is 175 Å². The Morgan fingerprint density at radius 1 is 0.613 bits per heavy atom. The van der Waals surface area contributed by atoms with E-state index in [2.05, 4.69) is 113 Å². The van der Waals surface area contributed by atoms with Gasteiger partial charge in [-0.25, -0.2) is 19.6 Å². The minimum absolute atomic E-state index is 0.0576. The number of amides is 2. The number of imidazole rings is 2. The summed E-state index contributed by atoms with van der Waals surface area (Å²) in [6.45, 7) is 36.9. The van der Waals surface area contributed by atoms with E-state index in [0.717, 1.165) is 91.2 Å². The summed E-state index contributed by atoms with van der Waals surface area (Å²) in [7, 11) is -0.453. The first kappa shape index (κ1) is 64.9. The lowest BCUT2D eigenvalue weighted by Crippen LogP contribution is -2.41. The van der Waals surface area contributed by atoms with Gasteiger partial charge in [-0.3, -0.25) is 14.6 Å². The van der Waals surface area contributed by atoms with E-state index in [-0.39, 0.29) is 71.5 Å². The molecule has 4 aliphatic rings. The number of alkyl halides is 1. The molecule has 9 rings (SSSR count). The Labute approximate surface area is 501 Å². The van der Waals surface area contributed by atoms with E-state index in [4.69, 9.17) is 38.1 Å². The first-order valence-electron chi connectivity index (χ1n) is 27.6. The Kier molecular flexibility index (Phi) is 20.8. The predicted molar refractivity (Wildman–Crippen MR) is 330 cm³/mol. The summed E-state index contributed by atoms with van der Waals surface area (Å²) >= 11 is 10.00. The number of halogens is 3. The molecule has 6 heterocycles. The van der Waals surface area contributed by atoms with Crippen molar-refractivity contribution in [3.05, 3.63) is 110 Å². The number of H-pyrrole nitrogens is 2. The third kappa shape index (κ3) is 16.5. The maximum Gasteiger partial charge on any atom is 0.494 e. The summed E-state index contributed by atoms with van der Waals surface area (Å²) in [5.41, 5.74) is 5.52. The molecular formula is C60H83B2Br3N6O9. The highest BCUT2D eigenvalue weighted by Gasteiger charge is 2.52. The Morgan fingerprint density at radius 3 is 1.30 bits per heavy atom. The number of benzene rings is 3. The number of aromatic amines is 2. The van der Waals surface area contributed by atoms with Gasteiger partial charge < -0.3 is 38.1 Å². The highest BCUT2D eigenvalue weighted by Crippen LogP contribution is 2.39. The van der Waals surface area contributed by atoms with Crippen molar-refractivity contribution in [3.63, 3.8) is 0 Å². The SMILES string of the molecule is CB1OC(C)(C)C(C)(C)O1.CC(Br)C(=O)c1ccc(Br)cc1.Cc1[nH]c([C@@H]2CCCN2C(=O)OC(C)(C)C)nc1-c1ccc(B2OC(C)(C)C(C)(C)O2)cc1.Cc1[nH]c([C@@H]2CCCN2C(=O)OC(C)(C)C)nc1-c1ccc(Br)cc1. The molecule has 0 spiro atoms. The zero-order chi connectivity index (χ0) is 59.5. The van der Waals surface area contributed by atoms with Gasteiger partial charge in [-0.05, 0) is 180 Å². The summed E-state index contributed by atoms with van der Waals surface area (Å²) in [5, 5.41) is 0. The van der Waals surface area contributed by atoms with Gasteiger partial charge in [0.15, 0.2) is 5.78 Å². The van der Waals surface area contributed by atoms with Gasteiger partial charge in [-0.1, -0.05) is 96.3 Å². The maximum atomic E-state index is 12.7. The average molecular weight is 1290 g/mol. The number of ketones is 1. The van der Waals surface area contributed by atoms with E-state index in [9.17, 15) is 14.4 Å². The van der Waals surface area contributed by atoms with Crippen LogP contribution in [0, 0.1) is 13.8 Å². The molecule has 2 amide bonds. The van der Waals surface area contributed by atoms with Crippen LogP contribution < -0.4 is 5.46 Å².